The molecule has 0 aliphatic rings. The second-order valence-corrected chi connectivity index (χ2v) is 7.15. The zero-order valence-electron chi connectivity index (χ0n) is 14.4. The van der Waals surface area contributed by atoms with E-state index in [0.29, 0.717) is 21.1 Å². The number of nitrogens with one attached hydrogen (secondary N) is 4. The van der Waals surface area contributed by atoms with Crippen molar-refractivity contribution in [3.8, 4) is 0 Å². The van der Waals surface area contributed by atoms with Gasteiger partial charge >= 0.3 is 0 Å². The van der Waals surface area contributed by atoms with Crippen molar-refractivity contribution in [2.45, 2.75) is 6.92 Å². The summed E-state index contributed by atoms with van der Waals surface area (Å²) < 4.78 is 13.1. The minimum atomic E-state index is -0.547. The van der Waals surface area contributed by atoms with Gasteiger partial charge < -0.3 is 10.3 Å². The van der Waals surface area contributed by atoms with Gasteiger partial charge in [-0.2, -0.15) is 0 Å². The quantitative estimate of drug-likeness (QED) is 0.485. The van der Waals surface area contributed by atoms with Gasteiger partial charge in [-0.1, -0.05) is 11.6 Å². The van der Waals surface area contributed by atoms with Crippen LogP contribution in [-0.2, 0) is 0 Å². The Hall–Kier alpha value is -3.17. The van der Waals surface area contributed by atoms with Crippen LogP contribution in [0.25, 0.3) is 0 Å². The van der Waals surface area contributed by atoms with Gasteiger partial charge in [-0.3, -0.25) is 25.2 Å². The lowest BCUT2D eigenvalue weighted by Gasteiger charge is -2.06. The number of H-pyrrole nitrogens is 1. The molecular weight excluding hydrogens is 407 g/mol. The highest BCUT2D eigenvalue weighted by molar-refractivity contribution is 7.18. The van der Waals surface area contributed by atoms with Gasteiger partial charge in [0.05, 0.1) is 20.5 Å². The van der Waals surface area contributed by atoms with Gasteiger partial charge in [0.2, 0.25) is 0 Å². The number of hydrogen-bond acceptors (Lipinski definition) is 4. The van der Waals surface area contributed by atoms with Gasteiger partial charge in [0.15, 0.2) is 0 Å². The average Bonchev–Trinajstić information content (AvgIpc) is 3.29. The molecule has 0 aliphatic heterocycles. The zero-order chi connectivity index (χ0) is 20.3. The van der Waals surface area contributed by atoms with Crippen molar-refractivity contribution in [1.82, 2.24) is 15.8 Å². The van der Waals surface area contributed by atoms with Gasteiger partial charge in [0.25, 0.3) is 17.7 Å². The van der Waals surface area contributed by atoms with Gasteiger partial charge in [-0.05, 0) is 48.9 Å². The first-order valence-corrected chi connectivity index (χ1v) is 9.15. The Morgan fingerprint density at radius 1 is 1.07 bits per heavy atom. The van der Waals surface area contributed by atoms with E-state index >= 15 is 0 Å². The highest BCUT2D eigenvalue weighted by Crippen LogP contribution is 2.28. The SMILES string of the molecule is Cc1cc(NC(=O)c2ccc(F)cc2Cl)sc1C(=O)NNC(=O)c1ccc[nH]1. The summed E-state index contributed by atoms with van der Waals surface area (Å²) in [6.45, 7) is 1.69. The van der Waals surface area contributed by atoms with Crippen molar-refractivity contribution in [2.24, 2.45) is 0 Å². The lowest BCUT2D eigenvalue weighted by molar-refractivity contribution is 0.0846. The minimum absolute atomic E-state index is 0.0178. The van der Waals surface area contributed by atoms with Gasteiger partial charge in [-0.15, -0.1) is 11.3 Å². The van der Waals surface area contributed by atoms with Gasteiger partial charge in [0.1, 0.15) is 11.5 Å². The Bertz CT molecular complexity index is 1050. The average molecular weight is 421 g/mol. The first kappa shape index (κ1) is 19.6. The summed E-state index contributed by atoms with van der Waals surface area (Å²) >= 11 is 6.91. The Morgan fingerprint density at radius 3 is 2.50 bits per heavy atom. The van der Waals surface area contributed by atoms with E-state index in [0.717, 1.165) is 23.5 Å². The molecule has 0 saturated carbocycles. The Morgan fingerprint density at radius 2 is 1.82 bits per heavy atom. The second-order valence-electron chi connectivity index (χ2n) is 5.69. The molecule has 0 radical (unpaired) electrons. The molecule has 0 aliphatic carbocycles. The summed E-state index contributed by atoms with van der Waals surface area (Å²) in [5.41, 5.74) is 5.63. The van der Waals surface area contributed by atoms with Crippen LogP contribution in [0.3, 0.4) is 0 Å². The fourth-order valence-electron chi connectivity index (χ4n) is 2.33. The van der Waals surface area contributed by atoms with Crippen LogP contribution in [-0.4, -0.2) is 22.7 Å². The number of hydrazine groups is 1. The first-order chi connectivity index (χ1) is 13.3. The van der Waals surface area contributed by atoms with Crippen LogP contribution < -0.4 is 16.2 Å². The predicted molar refractivity (Wildman–Crippen MR) is 104 cm³/mol. The number of benzene rings is 1. The lowest BCUT2D eigenvalue weighted by Crippen LogP contribution is -2.41. The van der Waals surface area contributed by atoms with Crippen molar-refractivity contribution in [2.75, 3.05) is 5.32 Å². The molecule has 4 N–H and O–H groups in total. The topological polar surface area (TPSA) is 103 Å². The molecule has 10 heteroatoms. The summed E-state index contributed by atoms with van der Waals surface area (Å²) in [7, 11) is 0. The normalized spacial score (nSPS) is 10.4. The molecule has 0 atom stereocenters. The number of rotatable bonds is 4. The predicted octanol–water partition coefficient (Wildman–Crippen LogP) is 3.50. The van der Waals surface area contributed by atoms with Crippen molar-refractivity contribution < 1.29 is 18.8 Å². The molecule has 144 valence electrons. The minimum Gasteiger partial charge on any atom is -0.357 e. The van der Waals surface area contributed by atoms with E-state index in [4.69, 9.17) is 11.6 Å². The maximum Gasteiger partial charge on any atom is 0.286 e. The second kappa shape index (κ2) is 8.24. The van der Waals surface area contributed by atoms with Gasteiger partial charge in [-0.25, -0.2) is 4.39 Å². The van der Waals surface area contributed by atoms with E-state index in [1.54, 1.807) is 31.3 Å². The summed E-state index contributed by atoms with van der Waals surface area (Å²) in [5, 5.41) is 3.01. The van der Waals surface area contributed by atoms with Crippen LogP contribution in [0.15, 0.2) is 42.6 Å². The number of carbonyl (C=O) groups excluding carboxylic acids is 3. The molecule has 0 bridgehead atoms. The van der Waals surface area contributed by atoms with Crippen molar-refractivity contribution >= 4 is 45.7 Å². The fraction of sp³-hybridized carbons (Fsp3) is 0.0556. The summed E-state index contributed by atoms with van der Waals surface area (Å²) in [4.78, 5) is 39.5. The van der Waals surface area contributed by atoms with E-state index in [2.05, 4.69) is 21.2 Å². The van der Waals surface area contributed by atoms with E-state index in [1.807, 2.05) is 0 Å². The van der Waals surface area contributed by atoms with Crippen LogP contribution in [0, 0.1) is 12.7 Å². The third-order valence-corrected chi connectivity index (χ3v) is 5.13. The number of aromatic nitrogens is 1. The number of halogens is 2. The third kappa shape index (κ3) is 4.38. The van der Waals surface area contributed by atoms with Crippen molar-refractivity contribution in [3.05, 3.63) is 75.1 Å². The van der Waals surface area contributed by atoms with Crippen LogP contribution in [0.5, 0.6) is 0 Å². The maximum absolute atomic E-state index is 13.1. The molecule has 28 heavy (non-hydrogen) atoms. The van der Waals surface area contributed by atoms with E-state index in [1.165, 1.54) is 6.07 Å². The van der Waals surface area contributed by atoms with E-state index < -0.39 is 23.5 Å². The number of thiophene rings is 1. The smallest absolute Gasteiger partial charge is 0.286 e. The zero-order valence-corrected chi connectivity index (χ0v) is 16.0. The number of carbonyl (C=O) groups is 3. The third-order valence-electron chi connectivity index (χ3n) is 3.67. The fourth-order valence-corrected chi connectivity index (χ4v) is 3.55. The molecule has 2 heterocycles. The highest BCUT2D eigenvalue weighted by atomic mass is 35.5. The Balaban J connectivity index is 1.66. The van der Waals surface area contributed by atoms with Crippen LogP contribution in [0.1, 0.15) is 36.1 Å². The summed E-state index contributed by atoms with van der Waals surface area (Å²) in [6, 6.07) is 8.28. The van der Waals surface area contributed by atoms with Crippen molar-refractivity contribution in [1.29, 1.82) is 0 Å². The van der Waals surface area contributed by atoms with Crippen molar-refractivity contribution in [3.63, 3.8) is 0 Å². The number of hydrogen-bond donors (Lipinski definition) is 4. The van der Waals surface area contributed by atoms with Gasteiger partial charge in [0, 0.05) is 6.20 Å². The van der Waals surface area contributed by atoms with E-state index in [9.17, 15) is 18.8 Å². The van der Waals surface area contributed by atoms with Crippen LogP contribution in [0.4, 0.5) is 9.39 Å². The maximum atomic E-state index is 13.1. The molecule has 1 aromatic carbocycles. The Labute approximate surface area is 167 Å². The standard InChI is InChI=1S/C18H14ClFN4O3S/c1-9-7-14(22-16(25)11-5-4-10(20)8-12(11)19)28-15(9)18(27)24-23-17(26)13-3-2-6-21-13/h2-8,21H,1H3,(H,22,25)(H,23,26)(H,24,27). The lowest BCUT2D eigenvalue weighted by atomic mass is 10.2. The molecule has 0 unspecified atom stereocenters. The monoisotopic (exact) mass is 420 g/mol. The molecule has 0 saturated heterocycles. The summed E-state index contributed by atoms with van der Waals surface area (Å²) in [6.07, 6.45) is 1.59. The largest absolute Gasteiger partial charge is 0.357 e. The molecule has 0 spiro atoms. The molecule has 2 aromatic heterocycles. The number of anilines is 1. The Kier molecular flexibility index (Phi) is 5.76. The first-order valence-electron chi connectivity index (χ1n) is 7.96. The molecule has 3 amide bonds. The molecule has 7 nitrogen and oxygen atoms in total. The molecule has 3 aromatic rings. The molecule has 0 fully saturated rings. The van der Waals surface area contributed by atoms with Crippen LogP contribution >= 0.6 is 22.9 Å². The summed E-state index contributed by atoms with van der Waals surface area (Å²) in [5.74, 6) is -2.10. The number of aryl methyl sites for hydroxylation is 1. The molecular formula is C18H14ClFN4O3S. The van der Waals surface area contributed by atoms with E-state index in [-0.39, 0.29) is 10.6 Å². The number of aromatic amines is 1. The molecule has 3 rings (SSSR count). The number of amides is 3. The highest BCUT2D eigenvalue weighted by Gasteiger charge is 2.18. The van der Waals surface area contributed by atoms with Crippen LogP contribution in [0.2, 0.25) is 5.02 Å².